The van der Waals surface area contributed by atoms with E-state index in [1.165, 1.54) is 4.90 Å². The first-order chi connectivity index (χ1) is 12.2. The van der Waals surface area contributed by atoms with Crippen molar-refractivity contribution in [1.82, 2.24) is 4.90 Å². The van der Waals surface area contributed by atoms with Crippen molar-refractivity contribution in [1.29, 1.82) is 0 Å². The Balaban J connectivity index is 2.03. The molecule has 1 heterocycles. The van der Waals surface area contributed by atoms with Gasteiger partial charge in [0.05, 0.1) is 0 Å². The van der Waals surface area contributed by atoms with Gasteiger partial charge in [-0.2, -0.15) is 0 Å². The van der Waals surface area contributed by atoms with Crippen molar-refractivity contribution in [2.24, 2.45) is 5.92 Å². The summed E-state index contributed by atoms with van der Waals surface area (Å²) in [7, 11) is 0. The number of rotatable bonds is 5. The van der Waals surface area contributed by atoms with Gasteiger partial charge in [0.15, 0.2) is 0 Å². The van der Waals surface area contributed by atoms with Crippen molar-refractivity contribution in [3.8, 4) is 0 Å². The fourth-order valence-electron chi connectivity index (χ4n) is 3.07. The van der Waals surface area contributed by atoms with Gasteiger partial charge in [-0.1, -0.05) is 30.3 Å². The summed E-state index contributed by atoms with van der Waals surface area (Å²) in [6.45, 7) is 5.80. The van der Waals surface area contributed by atoms with Crippen molar-refractivity contribution in [3.63, 3.8) is 0 Å². The zero-order valence-electron chi connectivity index (χ0n) is 15.5. The number of ketones is 1. The molecule has 0 aliphatic carbocycles. The second-order valence-electron chi connectivity index (χ2n) is 7.70. The molecule has 0 bridgehead atoms. The van der Waals surface area contributed by atoms with Crippen LogP contribution in [-0.4, -0.2) is 46.4 Å². The minimum atomic E-state index is -0.857. The summed E-state index contributed by atoms with van der Waals surface area (Å²) < 4.78 is 5.35. The zero-order valence-corrected chi connectivity index (χ0v) is 15.5. The largest absolute Gasteiger partial charge is 0.444 e. The molecule has 0 saturated carbocycles. The molecule has 1 fully saturated rings. The van der Waals surface area contributed by atoms with Gasteiger partial charge in [0.1, 0.15) is 11.4 Å². The minimum absolute atomic E-state index is 0.0234. The maximum atomic E-state index is 12.3. The highest BCUT2D eigenvalue weighted by molar-refractivity contribution is 5.84. The number of likely N-dealkylation sites (tertiary alicyclic amines) is 1. The number of carbonyl (C=O) groups excluding carboxylic acids is 2. The Morgan fingerprint density at radius 1 is 1.35 bits per heavy atom. The third-order valence-electron chi connectivity index (χ3n) is 4.34. The molecule has 1 aliphatic heterocycles. The first kappa shape index (κ1) is 19.9. The van der Waals surface area contributed by atoms with Gasteiger partial charge in [-0.05, 0) is 26.3 Å². The van der Waals surface area contributed by atoms with Crippen LogP contribution in [0.2, 0.25) is 0 Å². The SMILES string of the molecule is CC(C)(C)OC(=O)N1CCC(=O)[C@H](C[C@@H](Cc2ccccc2)[N+](=O)[O-])C1. The van der Waals surface area contributed by atoms with E-state index in [9.17, 15) is 19.7 Å². The molecule has 0 aromatic heterocycles. The first-order valence-corrected chi connectivity index (χ1v) is 8.84. The molecule has 2 atom stereocenters. The summed E-state index contributed by atoms with van der Waals surface area (Å²) in [6, 6.07) is 8.35. The molecule has 1 amide bonds. The standard InChI is InChI=1S/C19H26N2O5/c1-19(2,3)26-18(23)20-10-9-17(22)15(13-20)12-16(21(24)25)11-14-7-5-4-6-8-14/h4-8,15-16H,9-13H2,1-3H3/t15-,16-/m1/s1. The summed E-state index contributed by atoms with van der Waals surface area (Å²) in [5.74, 6) is -0.555. The lowest BCUT2D eigenvalue weighted by Crippen LogP contribution is -2.47. The monoisotopic (exact) mass is 362 g/mol. The molecule has 7 nitrogen and oxygen atoms in total. The Kier molecular flexibility index (Phi) is 6.34. The van der Waals surface area contributed by atoms with Crippen molar-refractivity contribution < 1.29 is 19.2 Å². The average Bonchev–Trinajstić information content (AvgIpc) is 2.55. The van der Waals surface area contributed by atoms with E-state index in [0.717, 1.165) is 5.56 Å². The number of benzene rings is 1. The van der Waals surface area contributed by atoms with E-state index in [1.807, 2.05) is 30.3 Å². The molecule has 1 aliphatic rings. The van der Waals surface area contributed by atoms with Crippen molar-refractivity contribution >= 4 is 11.9 Å². The number of carbonyl (C=O) groups is 2. The molecule has 7 heteroatoms. The Bertz CT molecular complexity index is 654. The summed E-state index contributed by atoms with van der Waals surface area (Å²) in [5, 5.41) is 11.5. The Morgan fingerprint density at radius 2 is 2.00 bits per heavy atom. The van der Waals surface area contributed by atoms with E-state index in [0.29, 0.717) is 6.54 Å². The van der Waals surface area contributed by atoms with E-state index in [1.54, 1.807) is 20.8 Å². The number of hydrogen-bond acceptors (Lipinski definition) is 5. The van der Waals surface area contributed by atoms with Gasteiger partial charge in [0.2, 0.25) is 6.04 Å². The first-order valence-electron chi connectivity index (χ1n) is 8.84. The number of nitrogens with zero attached hydrogens (tertiary/aromatic N) is 2. The third-order valence-corrected chi connectivity index (χ3v) is 4.34. The molecule has 26 heavy (non-hydrogen) atoms. The second-order valence-corrected chi connectivity index (χ2v) is 7.70. The topological polar surface area (TPSA) is 89.8 Å². The predicted octanol–water partition coefficient (Wildman–Crippen LogP) is 3.09. The van der Waals surface area contributed by atoms with Crippen LogP contribution in [0, 0.1) is 16.0 Å². The highest BCUT2D eigenvalue weighted by Crippen LogP contribution is 2.23. The fraction of sp³-hybridized carbons (Fsp3) is 0.579. The summed E-state index contributed by atoms with van der Waals surface area (Å²) in [4.78, 5) is 37.1. The lowest BCUT2D eigenvalue weighted by Gasteiger charge is -2.33. The highest BCUT2D eigenvalue weighted by atomic mass is 16.6. The zero-order chi connectivity index (χ0) is 19.3. The Labute approximate surface area is 153 Å². The number of ether oxygens (including phenoxy) is 1. The van der Waals surface area contributed by atoms with E-state index in [4.69, 9.17) is 4.74 Å². The van der Waals surface area contributed by atoms with Gasteiger partial charge >= 0.3 is 6.09 Å². The Hall–Kier alpha value is -2.44. The average molecular weight is 362 g/mol. The summed E-state index contributed by atoms with van der Waals surface area (Å²) in [6.07, 6.45) is 0.125. The van der Waals surface area contributed by atoms with Crippen LogP contribution in [0.4, 0.5) is 4.79 Å². The van der Waals surface area contributed by atoms with Gasteiger partial charge in [0.25, 0.3) is 0 Å². The van der Waals surface area contributed by atoms with Crippen LogP contribution in [0.3, 0.4) is 0 Å². The number of hydrogen-bond donors (Lipinski definition) is 0. The minimum Gasteiger partial charge on any atom is -0.444 e. The number of Topliss-reactive ketones (excluding diaryl/α,β-unsaturated/α-hetero) is 1. The Morgan fingerprint density at radius 3 is 2.58 bits per heavy atom. The molecular formula is C19H26N2O5. The highest BCUT2D eigenvalue weighted by Gasteiger charge is 2.36. The van der Waals surface area contributed by atoms with Gasteiger partial charge in [0, 0.05) is 43.2 Å². The predicted molar refractivity (Wildman–Crippen MR) is 96.5 cm³/mol. The van der Waals surface area contributed by atoms with Crippen LogP contribution in [0.25, 0.3) is 0 Å². The van der Waals surface area contributed by atoms with Crippen molar-refractivity contribution in [2.45, 2.75) is 51.7 Å². The van der Waals surface area contributed by atoms with Crippen LogP contribution in [0.5, 0.6) is 0 Å². The van der Waals surface area contributed by atoms with Crippen molar-refractivity contribution in [2.75, 3.05) is 13.1 Å². The van der Waals surface area contributed by atoms with Crippen molar-refractivity contribution in [3.05, 3.63) is 46.0 Å². The smallest absolute Gasteiger partial charge is 0.410 e. The molecule has 142 valence electrons. The van der Waals surface area contributed by atoms with E-state index in [2.05, 4.69) is 0 Å². The molecule has 0 N–H and O–H groups in total. The molecule has 1 aromatic rings. The van der Waals surface area contributed by atoms with Crippen LogP contribution < -0.4 is 0 Å². The maximum Gasteiger partial charge on any atom is 0.410 e. The molecule has 0 radical (unpaired) electrons. The molecule has 1 aromatic carbocycles. The third kappa shape index (κ3) is 5.82. The van der Waals surface area contributed by atoms with Crippen LogP contribution in [-0.2, 0) is 16.0 Å². The molecular weight excluding hydrogens is 336 g/mol. The van der Waals surface area contributed by atoms with Gasteiger partial charge < -0.3 is 9.64 Å². The van der Waals surface area contributed by atoms with Gasteiger partial charge in [-0.15, -0.1) is 0 Å². The van der Waals surface area contributed by atoms with E-state index < -0.39 is 23.7 Å². The lowest BCUT2D eigenvalue weighted by atomic mass is 9.88. The summed E-state index contributed by atoms with van der Waals surface area (Å²) in [5.41, 5.74) is 0.242. The number of amides is 1. The normalized spacial score (nSPS) is 19.1. The molecule has 0 unspecified atom stereocenters. The van der Waals surface area contributed by atoms with Crippen LogP contribution in [0.15, 0.2) is 30.3 Å². The molecule has 0 spiro atoms. The quantitative estimate of drug-likeness (QED) is 0.593. The fourth-order valence-corrected chi connectivity index (χ4v) is 3.07. The number of piperidine rings is 1. The second kappa shape index (κ2) is 8.29. The number of nitro groups is 1. The van der Waals surface area contributed by atoms with E-state index >= 15 is 0 Å². The van der Waals surface area contributed by atoms with Gasteiger partial charge in [-0.3, -0.25) is 14.9 Å². The maximum absolute atomic E-state index is 12.3. The van der Waals surface area contributed by atoms with Crippen LogP contribution >= 0.6 is 0 Å². The van der Waals surface area contributed by atoms with Crippen LogP contribution in [0.1, 0.15) is 39.2 Å². The van der Waals surface area contributed by atoms with E-state index in [-0.39, 0.29) is 36.5 Å². The molecule has 2 rings (SSSR count). The lowest BCUT2D eigenvalue weighted by molar-refractivity contribution is -0.524. The summed E-state index contributed by atoms with van der Waals surface area (Å²) >= 11 is 0. The molecule has 1 saturated heterocycles. The van der Waals surface area contributed by atoms with Gasteiger partial charge in [-0.25, -0.2) is 4.79 Å².